The van der Waals surface area contributed by atoms with Crippen LogP contribution in [0.5, 0.6) is 0 Å². The van der Waals surface area contributed by atoms with Crippen LogP contribution >= 0.6 is 0 Å². The van der Waals surface area contributed by atoms with Gasteiger partial charge in [-0.3, -0.25) is 10.1 Å². The number of nitro benzene ring substituents is 1. The Balaban J connectivity index is 1.82. The van der Waals surface area contributed by atoms with E-state index in [1.54, 1.807) is 24.3 Å². The molecule has 136 valence electrons. The maximum Gasteiger partial charge on any atom is 0.269 e. The fourth-order valence-electron chi connectivity index (χ4n) is 2.98. The van der Waals surface area contributed by atoms with Gasteiger partial charge in [-0.05, 0) is 41.3 Å². The Hall–Kier alpha value is -3.24. The molecule has 0 spiro atoms. The number of nitro groups is 1. The summed E-state index contributed by atoms with van der Waals surface area (Å²) in [7, 11) is 0. The van der Waals surface area contributed by atoms with Gasteiger partial charge in [0.25, 0.3) is 5.69 Å². The fourth-order valence-corrected chi connectivity index (χ4v) is 2.98. The predicted molar refractivity (Wildman–Crippen MR) is 109 cm³/mol. The molecule has 27 heavy (non-hydrogen) atoms. The molecule has 0 heterocycles. The standard InChI is InChI=1S/C23H22N2O2/c1-18(19-8-4-2-5-9-19)24-17-16-23(20-10-6-3-7-11-20)21-12-14-22(15-13-21)25(26)27/h2-16,18,24H,17H2,1H3/b23-16+/t18-/m1/s1. The van der Waals surface area contributed by atoms with E-state index < -0.39 is 0 Å². The van der Waals surface area contributed by atoms with E-state index in [-0.39, 0.29) is 16.7 Å². The highest BCUT2D eigenvalue weighted by atomic mass is 16.6. The molecule has 0 aromatic heterocycles. The summed E-state index contributed by atoms with van der Waals surface area (Å²) in [5.41, 5.74) is 4.43. The molecule has 0 fully saturated rings. The minimum absolute atomic E-state index is 0.0991. The van der Waals surface area contributed by atoms with Crippen LogP contribution in [-0.4, -0.2) is 11.5 Å². The van der Waals surface area contributed by atoms with Crippen molar-refractivity contribution in [3.63, 3.8) is 0 Å². The largest absolute Gasteiger partial charge is 0.307 e. The van der Waals surface area contributed by atoms with Crippen molar-refractivity contribution in [2.24, 2.45) is 0 Å². The van der Waals surface area contributed by atoms with Crippen molar-refractivity contribution < 1.29 is 4.92 Å². The Kier molecular flexibility index (Phi) is 6.13. The summed E-state index contributed by atoms with van der Waals surface area (Å²) in [6.45, 7) is 2.83. The van der Waals surface area contributed by atoms with Gasteiger partial charge in [0.2, 0.25) is 0 Å². The van der Waals surface area contributed by atoms with Gasteiger partial charge in [0.15, 0.2) is 0 Å². The Morgan fingerprint density at radius 3 is 2.07 bits per heavy atom. The summed E-state index contributed by atoms with van der Waals surface area (Å²) < 4.78 is 0. The smallest absolute Gasteiger partial charge is 0.269 e. The molecule has 0 aliphatic carbocycles. The number of rotatable bonds is 7. The lowest BCUT2D eigenvalue weighted by atomic mass is 9.97. The maximum absolute atomic E-state index is 10.9. The SMILES string of the molecule is C[C@@H](NC/C=C(\c1ccccc1)c1ccc([N+](=O)[O-])cc1)c1ccccc1. The van der Waals surface area contributed by atoms with Crippen LogP contribution < -0.4 is 5.32 Å². The lowest BCUT2D eigenvalue weighted by Crippen LogP contribution is -2.18. The monoisotopic (exact) mass is 358 g/mol. The lowest BCUT2D eigenvalue weighted by Gasteiger charge is -2.14. The molecule has 0 radical (unpaired) electrons. The first kappa shape index (κ1) is 18.5. The molecule has 3 aromatic carbocycles. The van der Waals surface area contributed by atoms with Gasteiger partial charge in [-0.15, -0.1) is 0 Å². The second kappa shape index (κ2) is 8.92. The quantitative estimate of drug-likeness (QED) is 0.456. The summed E-state index contributed by atoms with van der Waals surface area (Å²) in [6.07, 6.45) is 2.13. The molecule has 0 aliphatic rings. The molecule has 4 nitrogen and oxygen atoms in total. The zero-order valence-electron chi connectivity index (χ0n) is 15.2. The molecule has 1 N–H and O–H groups in total. The highest BCUT2D eigenvalue weighted by molar-refractivity contribution is 5.80. The Labute approximate surface area is 159 Å². The first-order valence-electron chi connectivity index (χ1n) is 8.94. The van der Waals surface area contributed by atoms with E-state index in [9.17, 15) is 10.1 Å². The third-order valence-electron chi connectivity index (χ3n) is 4.50. The van der Waals surface area contributed by atoms with E-state index in [1.807, 2.05) is 48.5 Å². The van der Waals surface area contributed by atoms with E-state index in [0.717, 1.165) is 16.7 Å². The molecule has 1 atom stereocenters. The molecule has 3 rings (SSSR count). The van der Waals surface area contributed by atoms with Crippen LogP contribution in [0.1, 0.15) is 29.7 Å². The highest BCUT2D eigenvalue weighted by Crippen LogP contribution is 2.25. The summed E-state index contributed by atoms with van der Waals surface area (Å²) in [6, 6.07) is 27.3. The van der Waals surface area contributed by atoms with Gasteiger partial charge in [0.05, 0.1) is 4.92 Å². The van der Waals surface area contributed by atoms with Crippen LogP contribution in [0.4, 0.5) is 5.69 Å². The van der Waals surface area contributed by atoms with Crippen LogP contribution in [0.25, 0.3) is 5.57 Å². The second-order valence-electron chi connectivity index (χ2n) is 6.33. The van der Waals surface area contributed by atoms with Gasteiger partial charge in [0, 0.05) is 24.7 Å². The molecule has 0 bridgehead atoms. The molecular weight excluding hydrogens is 336 g/mol. The van der Waals surface area contributed by atoms with E-state index in [1.165, 1.54) is 5.56 Å². The number of benzene rings is 3. The van der Waals surface area contributed by atoms with Gasteiger partial charge >= 0.3 is 0 Å². The minimum atomic E-state index is -0.376. The van der Waals surface area contributed by atoms with Crippen molar-refractivity contribution in [2.45, 2.75) is 13.0 Å². The Morgan fingerprint density at radius 2 is 1.48 bits per heavy atom. The first-order chi connectivity index (χ1) is 13.1. The zero-order chi connectivity index (χ0) is 19.1. The van der Waals surface area contributed by atoms with Crippen molar-refractivity contribution in [2.75, 3.05) is 6.54 Å². The van der Waals surface area contributed by atoms with Crippen LogP contribution in [-0.2, 0) is 0 Å². The van der Waals surface area contributed by atoms with Crippen molar-refractivity contribution in [1.82, 2.24) is 5.32 Å². The van der Waals surface area contributed by atoms with Gasteiger partial charge in [-0.2, -0.15) is 0 Å². The topological polar surface area (TPSA) is 55.2 Å². The molecule has 0 unspecified atom stereocenters. The molecular formula is C23H22N2O2. The lowest BCUT2D eigenvalue weighted by molar-refractivity contribution is -0.384. The third-order valence-corrected chi connectivity index (χ3v) is 4.50. The van der Waals surface area contributed by atoms with E-state index in [4.69, 9.17) is 0 Å². The summed E-state index contributed by atoms with van der Waals surface area (Å²) >= 11 is 0. The van der Waals surface area contributed by atoms with Gasteiger partial charge in [0.1, 0.15) is 0 Å². The van der Waals surface area contributed by atoms with E-state index in [2.05, 4.69) is 30.4 Å². The van der Waals surface area contributed by atoms with Crippen molar-refractivity contribution in [1.29, 1.82) is 0 Å². The molecule has 0 saturated carbocycles. The molecule has 4 heteroatoms. The first-order valence-corrected chi connectivity index (χ1v) is 8.94. The second-order valence-corrected chi connectivity index (χ2v) is 6.33. The molecule has 0 saturated heterocycles. The molecule has 0 aliphatic heterocycles. The normalized spacial score (nSPS) is 12.6. The maximum atomic E-state index is 10.9. The summed E-state index contributed by atoms with van der Waals surface area (Å²) in [5, 5.41) is 14.4. The minimum Gasteiger partial charge on any atom is -0.307 e. The predicted octanol–water partition coefficient (Wildman–Crippen LogP) is 5.38. The zero-order valence-corrected chi connectivity index (χ0v) is 15.2. The van der Waals surface area contributed by atoms with E-state index in [0.29, 0.717) is 6.54 Å². The van der Waals surface area contributed by atoms with Gasteiger partial charge < -0.3 is 5.32 Å². The fraction of sp³-hybridized carbons (Fsp3) is 0.130. The number of hydrogen-bond donors (Lipinski definition) is 1. The van der Waals surface area contributed by atoms with Crippen LogP contribution in [0.3, 0.4) is 0 Å². The van der Waals surface area contributed by atoms with Gasteiger partial charge in [-0.1, -0.05) is 66.7 Å². The molecule has 3 aromatic rings. The average molecular weight is 358 g/mol. The number of nitrogens with one attached hydrogen (secondary N) is 1. The summed E-state index contributed by atoms with van der Waals surface area (Å²) in [4.78, 5) is 10.5. The van der Waals surface area contributed by atoms with Crippen LogP contribution in [0.15, 0.2) is 91.0 Å². The Bertz CT molecular complexity index is 904. The average Bonchev–Trinajstić information content (AvgIpc) is 2.72. The van der Waals surface area contributed by atoms with Crippen molar-refractivity contribution in [3.05, 3.63) is 118 Å². The number of hydrogen-bond acceptors (Lipinski definition) is 3. The van der Waals surface area contributed by atoms with Crippen LogP contribution in [0.2, 0.25) is 0 Å². The Morgan fingerprint density at radius 1 is 0.926 bits per heavy atom. The van der Waals surface area contributed by atoms with Crippen molar-refractivity contribution in [3.8, 4) is 0 Å². The highest BCUT2D eigenvalue weighted by Gasteiger charge is 2.09. The molecule has 0 amide bonds. The third kappa shape index (κ3) is 4.90. The summed E-state index contributed by atoms with van der Waals surface area (Å²) in [5.74, 6) is 0. The van der Waals surface area contributed by atoms with Crippen LogP contribution in [0, 0.1) is 10.1 Å². The van der Waals surface area contributed by atoms with Crippen molar-refractivity contribution >= 4 is 11.3 Å². The van der Waals surface area contributed by atoms with E-state index >= 15 is 0 Å². The number of non-ortho nitro benzene ring substituents is 1. The van der Waals surface area contributed by atoms with Gasteiger partial charge in [-0.25, -0.2) is 0 Å². The number of nitrogens with zero attached hydrogens (tertiary/aromatic N) is 1.